The van der Waals surface area contributed by atoms with Crippen LogP contribution >= 0.6 is 0 Å². The lowest BCUT2D eigenvalue weighted by atomic mass is 10.2. The molecular weight excluding hydrogens is 164 g/mol. The Labute approximate surface area is 69.6 Å². The fourth-order valence-electron chi connectivity index (χ4n) is 0.555. The van der Waals surface area contributed by atoms with E-state index in [4.69, 9.17) is 10.2 Å². The van der Waals surface area contributed by atoms with Crippen molar-refractivity contribution in [3.8, 4) is 0 Å². The van der Waals surface area contributed by atoms with Gasteiger partial charge in [-0.3, -0.25) is 9.59 Å². The van der Waals surface area contributed by atoms with E-state index in [1.165, 1.54) is 14.1 Å². The first-order chi connectivity index (χ1) is 5.37. The summed E-state index contributed by atoms with van der Waals surface area (Å²) in [5, 5.41) is 17.8. The van der Waals surface area contributed by atoms with E-state index in [2.05, 4.69) is 5.73 Å². The normalized spacial score (nSPS) is 15.0. The summed E-state index contributed by atoms with van der Waals surface area (Å²) in [6, 6.07) is 0. The molecule has 0 radical (unpaired) electrons. The third-order valence-electron chi connectivity index (χ3n) is 1.28. The van der Waals surface area contributed by atoms with Crippen LogP contribution in [0.4, 0.5) is 0 Å². The number of hydrogen-bond donors (Lipinski definition) is 3. The summed E-state index contributed by atoms with van der Waals surface area (Å²) in [4.78, 5) is 22.3. The third kappa shape index (κ3) is 2.48. The number of carbonyl (C=O) groups excluding carboxylic acids is 2. The first kappa shape index (κ1) is 10.9. The van der Waals surface area contributed by atoms with E-state index in [9.17, 15) is 9.59 Å². The Kier molecular flexibility index (Phi) is 3.65. The molecule has 0 aliphatic rings. The molecule has 0 fully saturated rings. The van der Waals surface area contributed by atoms with Crippen LogP contribution in [0.1, 0.15) is 0 Å². The topological polar surface area (TPSA) is 104 Å². The molecule has 6 heteroatoms. The molecule has 0 bridgehead atoms. The summed E-state index contributed by atoms with van der Waals surface area (Å²) in [6.45, 7) is 0. The summed E-state index contributed by atoms with van der Waals surface area (Å²) in [7, 11) is 2.78. The minimum Gasteiger partial charge on any atom is -0.380 e. The van der Waals surface area contributed by atoms with E-state index < -0.39 is 24.0 Å². The van der Waals surface area contributed by atoms with Gasteiger partial charge in [0.15, 0.2) is 12.2 Å². The summed E-state index contributed by atoms with van der Waals surface area (Å²) in [5.74, 6) is -1.89. The van der Waals surface area contributed by atoms with Gasteiger partial charge in [-0.15, -0.1) is 0 Å². The molecule has 0 unspecified atom stereocenters. The lowest BCUT2D eigenvalue weighted by Gasteiger charge is -2.18. The Hall–Kier alpha value is -1.14. The van der Waals surface area contributed by atoms with E-state index in [-0.39, 0.29) is 0 Å². The van der Waals surface area contributed by atoms with Gasteiger partial charge < -0.3 is 20.8 Å². The number of hydrogen-bond acceptors (Lipinski definition) is 4. The average molecular weight is 176 g/mol. The number of primary amides is 1. The molecule has 2 amide bonds. The number of nitrogens with two attached hydrogens (primary N) is 1. The Balaban J connectivity index is 4.29. The number of carbonyl (C=O) groups is 2. The van der Waals surface area contributed by atoms with Crippen molar-refractivity contribution >= 4 is 11.8 Å². The minimum atomic E-state index is -1.85. The van der Waals surface area contributed by atoms with Crippen LogP contribution in [0.25, 0.3) is 0 Å². The molecule has 0 heterocycles. The fourth-order valence-corrected chi connectivity index (χ4v) is 0.555. The van der Waals surface area contributed by atoms with E-state index >= 15 is 0 Å². The summed E-state index contributed by atoms with van der Waals surface area (Å²) in [6.07, 6.45) is -3.63. The van der Waals surface area contributed by atoms with Crippen molar-refractivity contribution in [1.82, 2.24) is 4.90 Å². The molecule has 12 heavy (non-hydrogen) atoms. The van der Waals surface area contributed by atoms with Crippen LogP contribution in [0.5, 0.6) is 0 Å². The molecule has 0 aromatic rings. The number of nitrogens with zero attached hydrogens (tertiary/aromatic N) is 1. The maximum absolute atomic E-state index is 10.9. The van der Waals surface area contributed by atoms with E-state index in [1.54, 1.807) is 0 Å². The Bertz CT molecular complexity index is 192. The SMILES string of the molecule is CN(C)C(=O)[C@H](O)[C@@H](O)C(N)=O. The standard InChI is InChI=1S/C6H12N2O4/c1-8(2)6(12)4(10)3(9)5(7)11/h3-4,9-10H,1-2H3,(H2,7,11)/t3-,4-/m1/s1. The highest BCUT2D eigenvalue weighted by Crippen LogP contribution is 1.96. The molecular formula is C6H12N2O4. The van der Waals surface area contributed by atoms with Crippen LogP contribution in [-0.2, 0) is 9.59 Å². The maximum atomic E-state index is 10.9. The summed E-state index contributed by atoms with van der Waals surface area (Å²) in [5.41, 5.74) is 4.66. The molecule has 70 valence electrons. The smallest absolute Gasteiger partial charge is 0.254 e. The predicted molar refractivity (Wildman–Crippen MR) is 39.9 cm³/mol. The van der Waals surface area contributed by atoms with Gasteiger partial charge >= 0.3 is 0 Å². The van der Waals surface area contributed by atoms with Gasteiger partial charge in [0.05, 0.1) is 0 Å². The Morgan fingerprint density at radius 1 is 1.25 bits per heavy atom. The molecule has 0 spiro atoms. The molecule has 0 aliphatic heterocycles. The molecule has 2 atom stereocenters. The highest BCUT2D eigenvalue weighted by molar-refractivity contribution is 5.89. The second kappa shape index (κ2) is 4.03. The van der Waals surface area contributed by atoms with Crippen LogP contribution < -0.4 is 5.73 Å². The van der Waals surface area contributed by atoms with Gasteiger partial charge in [0, 0.05) is 14.1 Å². The number of amides is 2. The molecule has 4 N–H and O–H groups in total. The predicted octanol–water partition coefficient (Wildman–Crippen LogP) is -2.72. The molecule has 0 saturated carbocycles. The fraction of sp³-hybridized carbons (Fsp3) is 0.667. The van der Waals surface area contributed by atoms with Crippen molar-refractivity contribution in [2.45, 2.75) is 12.2 Å². The highest BCUT2D eigenvalue weighted by Gasteiger charge is 2.29. The lowest BCUT2D eigenvalue weighted by Crippen LogP contribution is -2.47. The van der Waals surface area contributed by atoms with Crippen molar-refractivity contribution in [3.63, 3.8) is 0 Å². The van der Waals surface area contributed by atoms with Crippen LogP contribution in [-0.4, -0.2) is 53.2 Å². The van der Waals surface area contributed by atoms with Gasteiger partial charge in [-0.1, -0.05) is 0 Å². The minimum absolute atomic E-state index is 0.763. The zero-order valence-corrected chi connectivity index (χ0v) is 6.89. The summed E-state index contributed by atoms with van der Waals surface area (Å²) < 4.78 is 0. The number of aliphatic hydroxyl groups is 2. The van der Waals surface area contributed by atoms with Crippen molar-refractivity contribution in [3.05, 3.63) is 0 Å². The van der Waals surface area contributed by atoms with Gasteiger partial charge in [0.2, 0.25) is 5.91 Å². The maximum Gasteiger partial charge on any atom is 0.254 e. The molecule has 0 aromatic carbocycles. The quantitative estimate of drug-likeness (QED) is 0.434. The number of likely N-dealkylation sites (N-methyl/N-ethyl adjacent to an activating group) is 1. The van der Waals surface area contributed by atoms with Crippen LogP contribution in [0.15, 0.2) is 0 Å². The van der Waals surface area contributed by atoms with E-state index in [0.29, 0.717) is 0 Å². The first-order valence-electron chi connectivity index (χ1n) is 3.24. The van der Waals surface area contributed by atoms with Crippen molar-refractivity contribution < 1.29 is 19.8 Å². The largest absolute Gasteiger partial charge is 0.380 e. The van der Waals surface area contributed by atoms with Gasteiger partial charge in [-0.2, -0.15) is 0 Å². The zero-order chi connectivity index (χ0) is 9.89. The highest BCUT2D eigenvalue weighted by atomic mass is 16.3. The molecule has 0 aliphatic carbocycles. The second-order valence-electron chi connectivity index (χ2n) is 2.52. The van der Waals surface area contributed by atoms with Crippen molar-refractivity contribution in [2.75, 3.05) is 14.1 Å². The van der Waals surface area contributed by atoms with E-state index in [1.807, 2.05) is 0 Å². The third-order valence-corrected chi connectivity index (χ3v) is 1.28. The number of rotatable bonds is 3. The van der Waals surface area contributed by atoms with Crippen LogP contribution in [0, 0.1) is 0 Å². The zero-order valence-electron chi connectivity index (χ0n) is 6.89. The summed E-state index contributed by atoms with van der Waals surface area (Å²) >= 11 is 0. The van der Waals surface area contributed by atoms with Gasteiger partial charge in [-0.25, -0.2) is 0 Å². The average Bonchev–Trinajstić information content (AvgIpc) is 2.00. The molecule has 0 aromatic heterocycles. The van der Waals surface area contributed by atoms with Crippen molar-refractivity contribution in [2.24, 2.45) is 5.73 Å². The van der Waals surface area contributed by atoms with Crippen molar-refractivity contribution in [1.29, 1.82) is 0 Å². The molecule has 0 saturated heterocycles. The Morgan fingerprint density at radius 3 is 1.92 bits per heavy atom. The van der Waals surface area contributed by atoms with Gasteiger partial charge in [0.25, 0.3) is 5.91 Å². The monoisotopic (exact) mass is 176 g/mol. The Morgan fingerprint density at radius 2 is 1.67 bits per heavy atom. The van der Waals surface area contributed by atoms with Gasteiger partial charge in [0.1, 0.15) is 0 Å². The molecule has 0 rings (SSSR count). The van der Waals surface area contributed by atoms with Crippen LogP contribution in [0.2, 0.25) is 0 Å². The second-order valence-corrected chi connectivity index (χ2v) is 2.52. The van der Waals surface area contributed by atoms with Crippen LogP contribution in [0.3, 0.4) is 0 Å². The van der Waals surface area contributed by atoms with E-state index in [0.717, 1.165) is 4.90 Å². The molecule has 6 nitrogen and oxygen atoms in total. The number of aliphatic hydroxyl groups excluding tert-OH is 2. The van der Waals surface area contributed by atoms with Gasteiger partial charge in [-0.05, 0) is 0 Å². The lowest BCUT2D eigenvalue weighted by molar-refractivity contribution is -0.149. The first-order valence-corrected chi connectivity index (χ1v) is 3.24.